The number of nitrogens with two attached hydrogens (primary N) is 1. The maximum Gasteiger partial charge on any atom is 0.251 e. The molecule has 4 N–H and O–H groups in total. The summed E-state index contributed by atoms with van der Waals surface area (Å²) in [6, 6.07) is 12.5. The molecule has 0 bridgehead atoms. The first kappa shape index (κ1) is 24.3. The zero-order valence-corrected chi connectivity index (χ0v) is 21.2. The molecule has 1 fully saturated rings. The van der Waals surface area contributed by atoms with E-state index in [0.29, 0.717) is 41.7 Å². The van der Waals surface area contributed by atoms with Crippen molar-refractivity contribution in [3.05, 3.63) is 86.9 Å². The zero-order chi connectivity index (χ0) is 25.9. The minimum atomic E-state index is -0.825. The number of halogens is 3. The Kier molecular flexibility index (Phi) is 5.97. The summed E-state index contributed by atoms with van der Waals surface area (Å²) in [5.74, 6) is -1.46. The molecule has 0 aromatic heterocycles. The molecule has 0 radical (unpaired) electrons. The number of amides is 1. The van der Waals surface area contributed by atoms with Crippen molar-refractivity contribution in [2.75, 3.05) is 13.6 Å². The Bertz CT molecular complexity index is 1410. The summed E-state index contributed by atoms with van der Waals surface area (Å²) < 4.78 is 38.3. The molecule has 192 valence electrons. The average molecular weight is 524 g/mol. The first-order valence-corrected chi connectivity index (χ1v) is 13.0. The van der Waals surface area contributed by atoms with Gasteiger partial charge >= 0.3 is 0 Å². The van der Waals surface area contributed by atoms with Gasteiger partial charge in [0.15, 0.2) is 5.60 Å². The maximum atomic E-state index is 16.3. The lowest BCUT2D eigenvalue weighted by atomic mass is 9.80. The minimum absolute atomic E-state index is 0.000192. The first-order valence-electron chi connectivity index (χ1n) is 12.6. The lowest BCUT2D eigenvalue weighted by Gasteiger charge is -2.35. The van der Waals surface area contributed by atoms with E-state index in [0.717, 1.165) is 24.9 Å². The summed E-state index contributed by atoms with van der Waals surface area (Å²) in [7, 11) is 1.48. The molecule has 3 aromatic rings. The van der Waals surface area contributed by atoms with Gasteiger partial charge in [-0.15, -0.1) is 0 Å². The van der Waals surface area contributed by atoms with Crippen molar-refractivity contribution >= 4 is 17.5 Å². The Morgan fingerprint density at radius 3 is 2.65 bits per heavy atom. The van der Waals surface area contributed by atoms with Crippen LogP contribution in [0.25, 0.3) is 11.1 Å². The molecule has 2 heterocycles. The number of hydrogen-bond acceptors (Lipinski definition) is 4. The van der Waals surface area contributed by atoms with Gasteiger partial charge in [-0.2, -0.15) is 0 Å². The molecule has 2 aliphatic heterocycles. The van der Waals surface area contributed by atoms with E-state index < -0.39 is 23.1 Å². The molecule has 0 unspecified atom stereocenters. The second-order valence-electron chi connectivity index (χ2n) is 10.2. The quantitative estimate of drug-likeness (QED) is 0.465. The van der Waals surface area contributed by atoms with Crippen molar-refractivity contribution in [2.24, 2.45) is 5.73 Å². The van der Waals surface area contributed by atoms with Gasteiger partial charge in [0.1, 0.15) is 17.4 Å². The van der Waals surface area contributed by atoms with Crippen LogP contribution in [0, 0.1) is 11.6 Å². The fourth-order valence-corrected chi connectivity index (χ4v) is 6.61. The predicted molar refractivity (Wildman–Crippen MR) is 139 cm³/mol. The second-order valence-corrected chi connectivity index (χ2v) is 10.6. The smallest absolute Gasteiger partial charge is 0.251 e. The number of benzene rings is 3. The van der Waals surface area contributed by atoms with Gasteiger partial charge in [-0.1, -0.05) is 41.9 Å². The van der Waals surface area contributed by atoms with Crippen LogP contribution >= 0.6 is 11.6 Å². The summed E-state index contributed by atoms with van der Waals surface area (Å²) in [6.07, 6.45) is 3.03. The number of carbonyl (C=O) groups is 1. The van der Waals surface area contributed by atoms with Crippen LogP contribution in [0.2, 0.25) is 5.02 Å². The van der Waals surface area contributed by atoms with Crippen molar-refractivity contribution < 1.29 is 18.3 Å². The van der Waals surface area contributed by atoms with Crippen LogP contribution in [0.4, 0.5) is 8.78 Å². The Morgan fingerprint density at radius 1 is 1.16 bits per heavy atom. The monoisotopic (exact) mass is 523 g/mol. The molecule has 0 saturated carbocycles. The Labute approximate surface area is 219 Å². The summed E-state index contributed by atoms with van der Waals surface area (Å²) in [6.45, 7) is 0.849. The molecule has 5 nitrogen and oxygen atoms in total. The third-order valence-electron chi connectivity index (χ3n) is 8.03. The number of rotatable bonds is 4. The number of fused-ring (bicyclic) bond motifs is 2. The third-order valence-corrected chi connectivity index (χ3v) is 8.40. The Balaban J connectivity index is 1.60. The van der Waals surface area contributed by atoms with Gasteiger partial charge in [0, 0.05) is 42.3 Å². The van der Waals surface area contributed by atoms with Crippen LogP contribution in [-0.4, -0.2) is 31.6 Å². The fourth-order valence-electron chi connectivity index (χ4n) is 6.34. The fraction of sp³-hybridized carbons (Fsp3) is 0.345. The lowest BCUT2D eigenvalue weighted by molar-refractivity contribution is 0.0539. The predicted octanol–water partition coefficient (Wildman–Crippen LogP) is 4.65. The highest BCUT2D eigenvalue weighted by atomic mass is 35.5. The second kappa shape index (κ2) is 9.08. The molecular weight excluding hydrogens is 496 g/mol. The SMILES string of the molecule is CNC(=O)c1cc2c(c(F)c1-c1c(Cl)c(F)cc3c1C[C@](c1ccccc1)([C@@H]1CCCN1)O3)C[C@@H](N)C2. The van der Waals surface area contributed by atoms with Crippen molar-refractivity contribution in [3.63, 3.8) is 0 Å². The Hall–Kier alpha value is -3.00. The maximum absolute atomic E-state index is 16.3. The van der Waals surface area contributed by atoms with Gasteiger partial charge in [0.25, 0.3) is 5.91 Å². The van der Waals surface area contributed by atoms with Crippen LogP contribution in [-0.2, 0) is 24.9 Å². The van der Waals surface area contributed by atoms with Crippen molar-refractivity contribution in [1.82, 2.24) is 10.6 Å². The van der Waals surface area contributed by atoms with E-state index in [4.69, 9.17) is 22.1 Å². The van der Waals surface area contributed by atoms with Gasteiger partial charge in [0.2, 0.25) is 0 Å². The van der Waals surface area contributed by atoms with Crippen molar-refractivity contribution in [1.29, 1.82) is 0 Å². The first-order chi connectivity index (χ1) is 17.8. The van der Waals surface area contributed by atoms with E-state index in [1.807, 2.05) is 30.3 Å². The molecule has 1 saturated heterocycles. The van der Waals surface area contributed by atoms with Crippen LogP contribution < -0.4 is 21.1 Å². The molecule has 1 amide bonds. The van der Waals surface area contributed by atoms with Gasteiger partial charge in [0.05, 0.1) is 16.6 Å². The number of carbonyl (C=O) groups excluding carboxylic acids is 1. The molecule has 37 heavy (non-hydrogen) atoms. The zero-order valence-electron chi connectivity index (χ0n) is 20.5. The summed E-state index contributed by atoms with van der Waals surface area (Å²) >= 11 is 6.61. The molecule has 1 aliphatic carbocycles. The van der Waals surface area contributed by atoms with E-state index >= 15 is 8.78 Å². The lowest BCUT2D eigenvalue weighted by Crippen LogP contribution is -2.48. The number of hydrogen-bond donors (Lipinski definition) is 3. The molecular formula is C29H28ClF2N3O2. The van der Waals surface area contributed by atoms with Gasteiger partial charge in [-0.3, -0.25) is 4.79 Å². The van der Waals surface area contributed by atoms with Gasteiger partial charge in [-0.25, -0.2) is 8.78 Å². The molecule has 3 aromatic carbocycles. The van der Waals surface area contributed by atoms with Crippen LogP contribution in [0.5, 0.6) is 5.75 Å². The van der Waals surface area contributed by atoms with Crippen LogP contribution in [0.15, 0.2) is 42.5 Å². The number of ether oxygens (including phenoxy) is 1. The summed E-state index contributed by atoms with van der Waals surface area (Å²) in [4.78, 5) is 13.0. The average Bonchev–Trinajstić information content (AvgIpc) is 3.64. The molecule has 8 heteroatoms. The normalized spacial score (nSPS) is 24.0. The summed E-state index contributed by atoms with van der Waals surface area (Å²) in [5.41, 5.74) is 8.28. The molecule has 3 atom stereocenters. The highest BCUT2D eigenvalue weighted by Crippen LogP contribution is 2.52. The van der Waals surface area contributed by atoms with Gasteiger partial charge in [-0.05, 0) is 55.0 Å². The van der Waals surface area contributed by atoms with Crippen LogP contribution in [0.1, 0.15) is 45.5 Å². The summed E-state index contributed by atoms with van der Waals surface area (Å²) in [5, 5.41) is 5.92. The molecule has 0 spiro atoms. The minimum Gasteiger partial charge on any atom is -0.480 e. The van der Waals surface area contributed by atoms with E-state index in [2.05, 4.69) is 10.6 Å². The van der Waals surface area contributed by atoms with E-state index in [1.54, 1.807) is 6.07 Å². The van der Waals surface area contributed by atoms with E-state index in [1.165, 1.54) is 13.1 Å². The standard InChI is InChI=1S/C29H28ClF2N3O2/c1-34-28(36)19-11-15-10-17(33)12-18(15)27(32)25(19)24-20-14-29(23-8-5-9-35-23,16-6-3-2-4-7-16)37-22(20)13-21(31)26(24)30/h2-4,6-7,11,13,17,23,35H,5,8-10,12,14,33H2,1H3,(H,34,36)/t17-,23-,29-/m0/s1. The molecule has 6 rings (SSSR count). The number of nitrogens with one attached hydrogen (secondary N) is 2. The van der Waals surface area contributed by atoms with Crippen molar-refractivity contribution in [2.45, 2.75) is 49.8 Å². The van der Waals surface area contributed by atoms with E-state index in [9.17, 15) is 4.79 Å². The Morgan fingerprint density at radius 2 is 1.95 bits per heavy atom. The topological polar surface area (TPSA) is 76.4 Å². The highest BCUT2D eigenvalue weighted by Gasteiger charge is 2.50. The van der Waals surface area contributed by atoms with Gasteiger partial charge < -0.3 is 21.1 Å². The van der Waals surface area contributed by atoms with Crippen LogP contribution in [0.3, 0.4) is 0 Å². The highest BCUT2D eigenvalue weighted by molar-refractivity contribution is 6.34. The molecule has 3 aliphatic rings. The third kappa shape index (κ3) is 3.75. The van der Waals surface area contributed by atoms with E-state index in [-0.39, 0.29) is 33.8 Å². The van der Waals surface area contributed by atoms with Crippen molar-refractivity contribution in [3.8, 4) is 16.9 Å². The largest absolute Gasteiger partial charge is 0.480 e.